The van der Waals surface area contributed by atoms with Crippen LogP contribution >= 0.6 is 11.8 Å². The first-order valence-corrected chi connectivity index (χ1v) is 6.49. The topological polar surface area (TPSA) is 86.6 Å². The summed E-state index contributed by atoms with van der Waals surface area (Å²) in [6.07, 6.45) is 4.31. The fraction of sp³-hybridized carbons (Fsp3) is 0.800. The SMILES string of the molecule is O=CNC(CSCCCCCCO)C(=O)O. The van der Waals surface area contributed by atoms with E-state index in [2.05, 4.69) is 5.32 Å². The number of aliphatic hydroxyl groups is 1. The third-order valence-electron chi connectivity index (χ3n) is 2.05. The summed E-state index contributed by atoms with van der Waals surface area (Å²) in [6, 6.07) is -0.792. The minimum absolute atomic E-state index is 0.234. The molecule has 0 aromatic rings. The van der Waals surface area contributed by atoms with Crippen LogP contribution in [0.1, 0.15) is 25.7 Å². The summed E-state index contributed by atoms with van der Waals surface area (Å²) in [7, 11) is 0. The van der Waals surface area contributed by atoms with Crippen molar-refractivity contribution in [1.29, 1.82) is 0 Å². The van der Waals surface area contributed by atoms with Gasteiger partial charge in [0.15, 0.2) is 0 Å². The van der Waals surface area contributed by atoms with E-state index in [1.165, 1.54) is 11.8 Å². The zero-order chi connectivity index (χ0) is 12.2. The Bertz CT molecular complexity index is 201. The quantitative estimate of drug-likeness (QED) is 0.366. The Kier molecular flexibility index (Phi) is 10.3. The summed E-state index contributed by atoms with van der Waals surface area (Å²) in [5, 5.41) is 19.5. The minimum atomic E-state index is -1.00. The Morgan fingerprint density at radius 3 is 2.56 bits per heavy atom. The summed E-state index contributed by atoms with van der Waals surface area (Å²) >= 11 is 1.52. The van der Waals surface area contributed by atoms with E-state index in [1.54, 1.807) is 0 Å². The third kappa shape index (κ3) is 8.55. The van der Waals surface area contributed by atoms with Crippen LogP contribution in [0, 0.1) is 0 Å². The van der Waals surface area contributed by atoms with Crippen LogP contribution < -0.4 is 5.32 Å². The highest BCUT2D eigenvalue weighted by Crippen LogP contribution is 2.09. The number of rotatable bonds is 11. The number of carbonyl (C=O) groups excluding carboxylic acids is 1. The van der Waals surface area contributed by atoms with Crippen LogP contribution in [0.2, 0.25) is 0 Å². The normalized spacial score (nSPS) is 12.1. The Morgan fingerprint density at radius 2 is 2.00 bits per heavy atom. The highest BCUT2D eigenvalue weighted by atomic mass is 32.2. The average molecular weight is 249 g/mol. The number of thioether (sulfide) groups is 1. The zero-order valence-corrected chi connectivity index (χ0v) is 10.0. The zero-order valence-electron chi connectivity index (χ0n) is 9.22. The van der Waals surface area contributed by atoms with Gasteiger partial charge in [-0.05, 0) is 18.6 Å². The lowest BCUT2D eigenvalue weighted by molar-refractivity contribution is -0.139. The minimum Gasteiger partial charge on any atom is -0.480 e. The van der Waals surface area contributed by atoms with Crippen molar-refractivity contribution in [3.05, 3.63) is 0 Å². The average Bonchev–Trinajstić information content (AvgIpc) is 2.26. The number of unbranched alkanes of at least 4 members (excludes halogenated alkanes) is 3. The van der Waals surface area contributed by atoms with E-state index in [0.29, 0.717) is 12.2 Å². The van der Waals surface area contributed by atoms with Crippen LogP contribution in [0.5, 0.6) is 0 Å². The van der Waals surface area contributed by atoms with Gasteiger partial charge in [0, 0.05) is 12.4 Å². The van der Waals surface area contributed by atoms with Crippen molar-refractivity contribution in [3.63, 3.8) is 0 Å². The van der Waals surface area contributed by atoms with Crippen molar-refractivity contribution < 1.29 is 19.8 Å². The van der Waals surface area contributed by atoms with Crippen molar-refractivity contribution in [1.82, 2.24) is 5.32 Å². The van der Waals surface area contributed by atoms with Crippen molar-refractivity contribution in [2.24, 2.45) is 0 Å². The molecule has 0 spiro atoms. The number of hydrogen-bond acceptors (Lipinski definition) is 4. The van der Waals surface area contributed by atoms with Gasteiger partial charge in [0.2, 0.25) is 6.41 Å². The number of aliphatic carboxylic acids is 1. The number of carboxylic acids is 1. The molecule has 0 saturated heterocycles. The third-order valence-corrected chi connectivity index (χ3v) is 3.20. The smallest absolute Gasteiger partial charge is 0.327 e. The van der Waals surface area contributed by atoms with Crippen LogP contribution in [0.25, 0.3) is 0 Å². The second-order valence-electron chi connectivity index (χ2n) is 3.39. The van der Waals surface area contributed by atoms with Crippen molar-refractivity contribution in [2.75, 3.05) is 18.1 Å². The lowest BCUT2D eigenvalue weighted by Gasteiger charge is -2.10. The highest BCUT2D eigenvalue weighted by Gasteiger charge is 2.15. The first-order chi connectivity index (χ1) is 7.72. The summed E-state index contributed by atoms with van der Waals surface area (Å²) in [4.78, 5) is 20.8. The largest absolute Gasteiger partial charge is 0.480 e. The lowest BCUT2D eigenvalue weighted by Crippen LogP contribution is -2.37. The van der Waals surface area contributed by atoms with Crippen LogP contribution in [0.3, 0.4) is 0 Å². The molecule has 0 rings (SSSR count). The molecule has 0 aliphatic rings. The first-order valence-electron chi connectivity index (χ1n) is 5.33. The van der Waals surface area contributed by atoms with Gasteiger partial charge in [0.1, 0.15) is 6.04 Å². The van der Waals surface area contributed by atoms with Crippen molar-refractivity contribution in [2.45, 2.75) is 31.7 Å². The Morgan fingerprint density at radius 1 is 1.31 bits per heavy atom. The molecule has 1 amide bonds. The maximum atomic E-state index is 10.6. The summed E-state index contributed by atoms with van der Waals surface area (Å²) in [6.45, 7) is 0.234. The van der Waals surface area contributed by atoms with Gasteiger partial charge in [-0.2, -0.15) is 11.8 Å². The van der Waals surface area contributed by atoms with E-state index in [1.807, 2.05) is 0 Å². The molecule has 0 saturated carbocycles. The Balaban J connectivity index is 3.40. The predicted molar refractivity (Wildman–Crippen MR) is 63.5 cm³/mol. The lowest BCUT2D eigenvalue weighted by atomic mass is 10.2. The molecule has 16 heavy (non-hydrogen) atoms. The number of carboxylic acid groups (broad SMARTS) is 1. The van der Waals surface area contributed by atoms with E-state index in [9.17, 15) is 9.59 Å². The maximum absolute atomic E-state index is 10.6. The summed E-state index contributed by atoms with van der Waals surface area (Å²) in [5.74, 6) is 0.281. The molecule has 0 radical (unpaired) electrons. The summed E-state index contributed by atoms with van der Waals surface area (Å²) in [5.41, 5.74) is 0. The fourth-order valence-corrected chi connectivity index (χ4v) is 2.19. The molecule has 3 N–H and O–H groups in total. The van der Waals surface area contributed by atoms with E-state index in [4.69, 9.17) is 10.2 Å². The molecule has 0 bridgehead atoms. The number of aliphatic hydroxyl groups excluding tert-OH is 1. The van der Waals surface area contributed by atoms with Crippen LogP contribution in [0.15, 0.2) is 0 Å². The Hall–Kier alpha value is -0.750. The van der Waals surface area contributed by atoms with Gasteiger partial charge in [-0.25, -0.2) is 4.79 Å². The van der Waals surface area contributed by atoms with Crippen molar-refractivity contribution >= 4 is 24.1 Å². The summed E-state index contributed by atoms with van der Waals surface area (Å²) < 4.78 is 0. The molecule has 94 valence electrons. The number of nitrogens with one attached hydrogen (secondary N) is 1. The van der Waals surface area contributed by atoms with Crippen molar-refractivity contribution in [3.8, 4) is 0 Å². The molecule has 1 atom stereocenters. The Labute approximate surface area is 99.6 Å². The second-order valence-corrected chi connectivity index (χ2v) is 4.54. The molecular formula is C10H19NO4S. The van der Waals surface area contributed by atoms with Gasteiger partial charge < -0.3 is 15.5 Å². The van der Waals surface area contributed by atoms with E-state index in [-0.39, 0.29) is 6.61 Å². The van der Waals surface area contributed by atoms with E-state index < -0.39 is 12.0 Å². The van der Waals surface area contributed by atoms with E-state index in [0.717, 1.165) is 31.4 Å². The first kappa shape index (κ1) is 15.2. The molecule has 0 aromatic carbocycles. The molecule has 0 fully saturated rings. The number of hydrogen-bond donors (Lipinski definition) is 3. The van der Waals surface area contributed by atoms with Gasteiger partial charge in [-0.3, -0.25) is 4.79 Å². The monoisotopic (exact) mass is 249 g/mol. The van der Waals surface area contributed by atoms with Crippen LogP contribution in [-0.2, 0) is 9.59 Å². The number of carbonyl (C=O) groups is 2. The van der Waals surface area contributed by atoms with E-state index >= 15 is 0 Å². The molecule has 6 heteroatoms. The van der Waals surface area contributed by atoms with Gasteiger partial charge in [-0.1, -0.05) is 12.8 Å². The van der Waals surface area contributed by atoms with Gasteiger partial charge in [0.05, 0.1) is 0 Å². The molecule has 0 heterocycles. The molecule has 1 unspecified atom stereocenters. The molecule has 0 aromatic heterocycles. The van der Waals surface area contributed by atoms with Crippen LogP contribution in [-0.4, -0.2) is 46.7 Å². The molecule has 0 aliphatic heterocycles. The molecule has 0 aliphatic carbocycles. The standard InChI is InChI=1S/C10H19NO4S/c12-5-3-1-2-4-6-16-7-9(10(14)15)11-8-13/h8-9,12H,1-7H2,(H,11,13)(H,14,15). The van der Waals surface area contributed by atoms with Gasteiger partial charge in [-0.15, -0.1) is 0 Å². The number of amides is 1. The highest BCUT2D eigenvalue weighted by molar-refractivity contribution is 7.99. The molecule has 5 nitrogen and oxygen atoms in total. The maximum Gasteiger partial charge on any atom is 0.327 e. The molecular weight excluding hydrogens is 230 g/mol. The van der Waals surface area contributed by atoms with Gasteiger partial charge in [0.25, 0.3) is 0 Å². The van der Waals surface area contributed by atoms with Gasteiger partial charge >= 0.3 is 5.97 Å². The van der Waals surface area contributed by atoms with Crippen LogP contribution in [0.4, 0.5) is 0 Å². The fourth-order valence-electron chi connectivity index (χ4n) is 1.14. The predicted octanol–water partition coefficient (Wildman–Crippen LogP) is 0.471. The second kappa shape index (κ2) is 10.8.